The predicted molar refractivity (Wildman–Crippen MR) is 148 cm³/mol. The van der Waals surface area contributed by atoms with Gasteiger partial charge in [-0.25, -0.2) is 5.09 Å². The molecule has 0 bridgehead atoms. The van der Waals surface area contributed by atoms with Crippen LogP contribution in [0.3, 0.4) is 0 Å². The molecule has 0 amide bonds. The molecule has 1 fully saturated rings. The third-order valence-corrected chi connectivity index (χ3v) is 7.30. The molecule has 1 aromatic carbocycles. The van der Waals surface area contributed by atoms with E-state index in [1.54, 1.807) is 6.34 Å². The lowest BCUT2D eigenvalue weighted by Gasteiger charge is -2.26. The van der Waals surface area contributed by atoms with Gasteiger partial charge in [0.2, 0.25) is 0 Å². The van der Waals surface area contributed by atoms with Gasteiger partial charge in [-0.15, -0.1) is 0 Å². The van der Waals surface area contributed by atoms with Gasteiger partial charge in [0.1, 0.15) is 17.8 Å². The zero-order valence-electron chi connectivity index (χ0n) is 22.7. The maximum Gasteiger partial charge on any atom is 0.318 e. The van der Waals surface area contributed by atoms with Crippen molar-refractivity contribution >= 4 is 27.2 Å². The first kappa shape index (κ1) is 29.1. The Bertz CT molecular complexity index is 994. The average Bonchev–Trinajstić information content (AvgIpc) is 3.47. The lowest BCUT2D eigenvalue weighted by Crippen LogP contribution is -2.27. The Morgan fingerprint density at radius 1 is 1.30 bits per heavy atom. The molecule has 10 heteroatoms. The summed E-state index contributed by atoms with van der Waals surface area (Å²) in [6.45, 7) is 14.8. The lowest BCUT2D eigenvalue weighted by molar-refractivity contribution is -0.131. The van der Waals surface area contributed by atoms with Crippen LogP contribution in [0.4, 0.5) is 5.82 Å². The summed E-state index contributed by atoms with van der Waals surface area (Å²) in [6, 6.07) is 11.9. The SMILES string of the molecule is CC(C)(C)COC=O.CCNP(Oc1ccccc1)OC(C)C1CC(C)C(n2ccc3c2NC=NC3)O1. The van der Waals surface area contributed by atoms with Gasteiger partial charge in [-0.05, 0) is 37.0 Å². The molecular formula is C27H41N4O5P. The first-order chi connectivity index (χ1) is 17.7. The van der Waals surface area contributed by atoms with E-state index >= 15 is 0 Å². The quantitative estimate of drug-likeness (QED) is 0.291. The van der Waals surface area contributed by atoms with Crippen molar-refractivity contribution in [2.75, 3.05) is 18.5 Å². The molecule has 0 saturated carbocycles. The van der Waals surface area contributed by atoms with Gasteiger partial charge in [0.15, 0.2) is 0 Å². The molecule has 5 atom stereocenters. The third-order valence-electron chi connectivity index (χ3n) is 5.82. The Morgan fingerprint density at radius 3 is 2.70 bits per heavy atom. The largest absolute Gasteiger partial charge is 0.467 e. The van der Waals surface area contributed by atoms with E-state index in [0.29, 0.717) is 25.5 Å². The molecule has 2 aliphatic rings. The van der Waals surface area contributed by atoms with Crippen molar-refractivity contribution in [2.24, 2.45) is 16.3 Å². The van der Waals surface area contributed by atoms with Gasteiger partial charge < -0.3 is 28.4 Å². The van der Waals surface area contributed by atoms with Gasteiger partial charge in [-0.1, -0.05) is 52.8 Å². The topological polar surface area (TPSA) is 95.3 Å². The van der Waals surface area contributed by atoms with Crippen LogP contribution in [0.25, 0.3) is 0 Å². The van der Waals surface area contributed by atoms with Crippen LogP contribution >= 0.6 is 8.53 Å². The Morgan fingerprint density at radius 2 is 2.05 bits per heavy atom. The van der Waals surface area contributed by atoms with Crippen LogP contribution in [0, 0.1) is 11.3 Å². The summed E-state index contributed by atoms with van der Waals surface area (Å²) < 4.78 is 25.5. The minimum atomic E-state index is -1.24. The molecule has 4 rings (SSSR count). The lowest BCUT2D eigenvalue weighted by atomic mass is 9.99. The van der Waals surface area contributed by atoms with Crippen molar-refractivity contribution in [3.05, 3.63) is 48.2 Å². The number of hydrogen-bond donors (Lipinski definition) is 2. The summed E-state index contributed by atoms with van der Waals surface area (Å²) in [5.74, 6) is 2.26. The second-order valence-electron chi connectivity index (χ2n) is 10.4. The number of anilines is 1. The highest BCUT2D eigenvalue weighted by atomic mass is 31.2. The van der Waals surface area contributed by atoms with Crippen LogP contribution in [0.15, 0.2) is 47.6 Å². The van der Waals surface area contributed by atoms with E-state index in [4.69, 9.17) is 13.8 Å². The smallest absolute Gasteiger partial charge is 0.318 e. The second kappa shape index (κ2) is 13.9. The minimum Gasteiger partial charge on any atom is -0.467 e. The van der Waals surface area contributed by atoms with E-state index in [0.717, 1.165) is 24.5 Å². The minimum absolute atomic E-state index is 0.00772. The first-order valence-corrected chi connectivity index (χ1v) is 14.0. The van der Waals surface area contributed by atoms with Crippen LogP contribution in [0.5, 0.6) is 5.75 Å². The van der Waals surface area contributed by atoms with Gasteiger partial charge in [0, 0.05) is 24.2 Å². The number of fused-ring (bicyclic) bond motifs is 1. The average molecular weight is 533 g/mol. The van der Waals surface area contributed by atoms with E-state index in [1.165, 1.54) is 5.56 Å². The Hall–Kier alpha value is -2.45. The van der Waals surface area contributed by atoms with Crippen molar-refractivity contribution in [1.82, 2.24) is 9.65 Å². The van der Waals surface area contributed by atoms with E-state index in [2.05, 4.69) is 50.8 Å². The van der Waals surface area contributed by atoms with Crippen molar-refractivity contribution in [2.45, 2.75) is 72.9 Å². The predicted octanol–water partition coefficient (Wildman–Crippen LogP) is 5.89. The first-order valence-electron chi connectivity index (χ1n) is 12.8. The van der Waals surface area contributed by atoms with Gasteiger partial charge in [0.05, 0.1) is 31.7 Å². The molecule has 2 aromatic rings. The van der Waals surface area contributed by atoms with Gasteiger partial charge in [-0.2, -0.15) is 0 Å². The summed E-state index contributed by atoms with van der Waals surface area (Å²) in [6.07, 6.45) is 4.69. The van der Waals surface area contributed by atoms with E-state index < -0.39 is 8.53 Å². The van der Waals surface area contributed by atoms with Crippen molar-refractivity contribution < 1.29 is 23.3 Å². The Labute approximate surface area is 221 Å². The highest BCUT2D eigenvalue weighted by molar-refractivity contribution is 7.45. The van der Waals surface area contributed by atoms with E-state index in [9.17, 15) is 4.79 Å². The summed E-state index contributed by atoms with van der Waals surface area (Å²) in [4.78, 5) is 13.9. The maximum atomic E-state index is 9.63. The number of nitrogens with zero attached hydrogens (tertiary/aromatic N) is 2. The van der Waals surface area contributed by atoms with Crippen molar-refractivity contribution in [3.8, 4) is 5.75 Å². The number of ether oxygens (including phenoxy) is 2. The van der Waals surface area contributed by atoms with Crippen LogP contribution in [-0.2, 0) is 25.3 Å². The van der Waals surface area contributed by atoms with Gasteiger partial charge in [0.25, 0.3) is 6.47 Å². The Kier molecular flexibility index (Phi) is 10.9. The molecule has 1 saturated heterocycles. The molecule has 2 N–H and O–H groups in total. The molecule has 5 unspecified atom stereocenters. The van der Waals surface area contributed by atoms with Crippen LogP contribution < -0.4 is 14.9 Å². The summed E-state index contributed by atoms with van der Waals surface area (Å²) in [7, 11) is -1.24. The second-order valence-corrected chi connectivity index (χ2v) is 11.7. The van der Waals surface area contributed by atoms with Crippen molar-refractivity contribution in [1.29, 1.82) is 0 Å². The molecule has 3 heterocycles. The number of aromatic nitrogens is 1. The highest BCUT2D eigenvalue weighted by Gasteiger charge is 2.39. The number of aliphatic imine (C=N–C) groups is 1. The molecular weight excluding hydrogens is 491 g/mol. The molecule has 2 aliphatic heterocycles. The number of hydrogen-bond acceptors (Lipinski definition) is 8. The molecule has 0 radical (unpaired) electrons. The van der Waals surface area contributed by atoms with E-state index in [1.807, 2.05) is 58.0 Å². The molecule has 1 aromatic heterocycles. The molecule has 0 aliphatic carbocycles. The Balaban J connectivity index is 0.000000414. The molecule has 204 valence electrons. The van der Waals surface area contributed by atoms with Crippen LogP contribution in [-0.4, -0.2) is 42.7 Å². The number of benzene rings is 1. The zero-order chi connectivity index (χ0) is 26.8. The van der Waals surface area contributed by atoms with Gasteiger partial charge >= 0.3 is 8.53 Å². The highest BCUT2D eigenvalue weighted by Crippen LogP contribution is 2.43. The molecule has 37 heavy (non-hydrogen) atoms. The number of rotatable bonds is 10. The fraction of sp³-hybridized carbons (Fsp3) is 0.556. The van der Waals surface area contributed by atoms with Crippen molar-refractivity contribution in [3.63, 3.8) is 0 Å². The number of para-hydroxylation sites is 1. The third kappa shape index (κ3) is 8.82. The summed E-state index contributed by atoms with van der Waals surface area (Å²) in [5.41, 5.74) is 1.30. The fourth-order valence-electron chi connectivity index (χ4n) is 4.04. The number of nitrogens with one attached hydrogen (secondary N) is 2. The maximum absolute atomic E-state index is 9.63. The number of carbonyl (C=O) groups excluding carboxylic acids is 1. The van der Waals surface area contributed by atoms with Crippen LogP contribution in [0.1, 0.15) is 59.8 Å². The monoisotopic (exact) mass is 532 g/mol. The normalized spacial score (nSPS) is 22.2. The standard InChI is InChI=1S/C21H29N4O3P.C6H12O2/c1-4-24-29(28-18-8-6-5-7-9-18)27-16(3)19-12-15(2)21(26-19)25-11-10-17-13-22-14-23-20(17)25;1-6(2,3)4-8-5-7/h5-11,14-16,19,21,24H,4,12-13H2,1-3H3,(H,22,23);5H,4H2,1-3H3. The summed E-state index contributed by atoms with van der Waals surface area (Å²) >= 11 is 0. The fourth-order valence-corrected chi connectivity index (χ4v) is 5.23. The zero-order valence-corrected chi connectivity index (χ0v) is 23.6. The molecule has 0 spiro atoms. The molecule has 9 nitrogen and oxygen atoms in total. The number of carbonyl (C=O) groups is 1. The summed E-state index contributed by atoms with van der Waals surface area (Å²) in [5, 5.41) is 6.57. The van der Waals surface area contributed by atoms with Gasteiger partial charge in [-0.3, -0.25) is 9.79 Å². The van der Waals surface area contributed by atoms with E-state index in [-0.39, 0.29) is 23.9 Å². The van der Waals surface area contributed by atoms with Crippen LogP contribution in [0.2, 0.25) is 0 Å².